The van der Waals surface area contributed by atoms with Crippen molar-refractivity contribution in [3.05, 3.63) is 76.1 Å². The molecule has 1 amide bonds. The maximum absolute atomic E-state index is 13.4. The molecule has 0 fully saturated rings. The Morgan fingerprint density at radius 1 is 1.31 bits per heavy atom. The van der Waals surface area contributed by atoms with Crippen LogP contribution in [0.15, 0.2) is 63.6 Å². The Morgan fingerprint density at radius 2 is 2.17 bits per heavy atom. The second-order valence-corrected chi connectivity index (χ2v) is 7.46. The van der Waals surface area contributed by atoms with E-state index in [1.807, 2.05) is 17.5 Å². The van der Waals surface area contributed by atoms with E-state index in [1.165, 1.54) is 35.4 Å². The van der Waals surface area contributed by atoms with Crippen LogP contribution in [0.5, 0.6) is 5.75 Å². The lowest BCUT2D eigenvalue weighted by Crippen LogP contribution is -2.31. The van der Waals surface area contributed by atoms with Gasteiger partial charge < -0.3 is 9.15 Å². The lowest BCUT2D eigenvalue weighted by molar-refractivity contribution is -0.135. The Labute approximate surface area is 170 Å². The van der Waals surface area contributed by atoms with E-state index in [1.54, 1.807) is 18.4 Å². The van der Waals surface area contributed by atoms with E-state index in [-0.39, 0.29) is 35.7 Å². The van der Waals surface area contributed by atoms with E-state index >= 15 is 0 Å². The number of amides is 1. The molecule has 3 aromatic rings. The van der Waals surface area contributed by atoms with Crippen molar-refractivity contribution in [2.45, 2.75) is 19.4 Å². The average Bonchev–Trinajstić information content (AvgIpc) is 3.47. The Morgan fingerprint density at radius 3 is 2.86 bits per heavy atom. The summed E-state index contributed by atoms with van der Waals surface area (Å²) in [4.78, 5) is 25.6. The molecule has 0 spiro atoms. The second-order valence-electron chi connectivity index (χ2n) is 6.48. The average molecular weight is 412 g/mol. The molecular formula is C21H17FN2O4S. The lowest BCUT2D eigenvalue weighted by atomic mass is 10.1. The number of rotatable bonds is 6. The van der Waals surface area contributed by atoms with Gasteiger partial charge in [-0.3, -0.25) is 9.59 Å². The van der Waals surface area contributed by atoms with Crippen LogP contribution in [0.3, 0.4) is 0 Å². The van der Waals surface area contributed by atoms with Gasteiger partial charge in [0.1, 0.15) is 23.0 Å². The minimum absolute atomic E-state index is 0.0915. The van der Waals surface area contributed by atoms with Crippen molar-refractivity contribution in [2.75, 3.05) is 6.61 Å². The van der Waals surface area contributed by atoms with E-state index in [9.17, 15) is 14.0 Å². The van der Waals surface area contributed by atoms with Crippen molar-refractivity contribution in [2.24, 2.45) is 5.10 Å². The van der Waals surface area contributed by atoms with Crippen molar-refractivity contribution in [1.29, 1.82) is 0 Å². The largest absolute Gasteiger partial charge is 0.483 e. The molecule has 0 N–H and O–H groups in total. The van der Waals surface area contributed by atoms with Crippen molar-refractivity contribution in [1.82, 2.24) is 5.01 Å². The first-order chi connectivity index (χ1) is 14.0. The van der Waals surface area contributed by atoms with Gasteiger partial charge in [0.2, 0.25) is 0 Å². The number of hydrazone groups is 1. The molecule has 4 rings (SSSR count). The summed E-state index contributed by atoms with van der Waals surface area (Å²) in [5.41, 5.74) is 0.766. The number of hydrogen-bond acceptors (Lipinski definition) is 6. The fraction of sp³-hybridized carbons (Fsp3) is 0.190. The zero-order valence-corrected chi connectivity index (χ0v) is 16.3. The summed E-state index contributed by atoms with van der Waals surface area (Å²) < 4.78 is 24.4. The van der Waals surface area contributed by atoms with Crippen molar-refractivity contribution in [3.63, 3.8) is 0 Å². The number of carbonyl (C=O) groups excluding carboxylic acids is 2. The molecule has 1 unspecified atom stereocenters. The van der Waals surface area contributed by atoms with Crippen LogP contribution in [-0.4, -0.2) is 29.0 Å². The first-order valence-electron chi connectivity index (χ1n) is 8.93. The normalized spacial score (nSPS) is 16.0. The Kier molecular flexibility index (Phi) is 5.26. The molecule has 0 radical (unpaired) electrons. The minimum Gasteiger partial charge on any atom is -0.483 e. The number of Topliss-reactive ketones (excluding diaryl/α,β-unsaturated/α-hetero) is 1. The maximum Gasteiger partial charge on any atom is 0.281 e. The summed E-state index contributed by atoms with van der Waals surface area (Å²) in [7, 11) is 0. The summed E-state index contributed by atoms with van der Waals surface area (Å²) in [6.07, 6.45) is 2.08. The van der Waals surface area contributed by atoms with Gasteiger partial charge in [-0.2, -0.15) is 5.10 Å². The molecule has 6 nitrogen and oxygen atoms in total. The van der Waals surface area contributed by atoms with Gasteiger partial charge in [-0.05, 0) is 48.7 Å². The molecule has 1 aromatic carbocycles. The van der Waals surface area contributed by atoms with E-state index < -0.39 is 5.82 Å². The number of carbonyl (C=O) groups is 2. The predicted octanol–water partition coefficient (Wildman–Crippen LogP) is 4.44. The van der Waals surface area contributed by atoms with Crippen molar-refractivity contribution < 1.29 is 23.1 Å². The van der Waals surface area contributed by atoms with Gasteiger partial charge in [0.15, 0.2) is 12.4 Å². The number of ether oxygens (including phenoxy) is 1. The molecule has 0 bridgehead atoms. The molecule has 0 aliphatic carbocycles. The summed E-state index contributed by atoms with van der Waals surface area (Å²) in [6, 6.07) is 10.8. The van der Waals surface area contributed by atoms with Crippen LogP contribution in [0.4, 0.5) is 4.39 Å². The van der Waals surface area contributed by atoms with Gasteiger partial charge in [0.05, 0.1) is 17.9 Å². The van der Waals surface area contributed by atoms with E-state index in [2.05, 4.69) is 5.10 Å². The molecule has 3 heterocycles. The fourth-order valence-corrected chi connectivity index (χ4v) is 3.95. The summed E-state index contributed by atoms with van der Waals surface area (Å²) in [5.74, 6) is -0.486. The molecular weight excluding hydrogens is 395 g/mol. The highest BCUT2D eigenvalue weighted by molar-refractivity contribution is 7.10. The van der Waals surface area contributed by atoms with Gasteiger partial charge in [-0.25, -0.2) is 9.40 Å². The number of thiophene rings is 1. The zero-order valence-electron chi connectivity index (χ0n) is 15.5. The van der Waals surface area contributed by atoms with E-state index in [0.29, 0.717) is 17.9 Å². The molecule has 148 valence electrons. The lowest BCUT2D eigenvalue weighted by Gasteiger charge is -2.21. The molecule has 8 heteroatoms. The minimum atomic E-state index is -0.543. The van der Waals surface area contributed by atoms with Crippen LogP contribution >= 0.6 is 11.3 Å². The number of ketones is 1. The van der Waals surface area contributed by atoms with Crippen LogP contribution in [-0.2, 0) is 4.79 Å². The van der Waals surface area contributed by atoms with Crippen LogP contribution in [0.2, 0.25) is 0 Å². The smallest absolute Gasteiger partial charge is 0.281 e. The highest BCUT2D eigenvalue weighted by Gasteiger charge is 2.34. The monoisotopic (exact) mass is 412 g/mol. The van der Waals surface area contributed by atoms with Gasteiger partial charge in [-0.15, -0.1) is 11.3 Å². The SMILES string of the molecule is CC(=O)c1cc(F)ccc1OCC(=O)N1N=C(c2ccco2)CC1c1cccs1. The Balaban J connectivity index is 1.55. The maximum atomic E-state index is 13.4. The molecule has 29 heavy (non-hydrogen) atoms. The van der Waals surface area contributed by atoms with Crippen molar-refractivity contribution in [3.8, 4) is 5.75 Å². The van der Waals surface area contributed by atoms with E-state index in [4.69, 9.17) is 9.15 Å². The van der Waals surface area contributed by atoms with Crippen LogP contribution in [0.25, 0.3) is 0 Å². The number of benzene rings is 1. The summed E-state index contributed by atoms with van der Waals surface area (Å²) in [5, 5.41) is 7.79. The number of halogens is 1. The quantitative estimate of drug-likeness (QED) is 0.561. The molecule has 1 aliphatic heterocycles. The Hall–Kier alpha value is -3.26. The topological polar surface area (TPSA) is 72.1 Å². The first kappa shape index (κ1) is 19.1. The molecule has 0 saturated heterocycles. The fourth-order valence-electron chi connectivity index (χ4n) is 3.14. The second kappa shape index (κ2) is 8.00. The third-order valence-electron chi connectivity index (χ3n) is 4.52. The van der Waals surface area contributed by atoms with Gasteiger partial charge >= 0.3 is 0 Å². The van der Waals surface area contributed by atoms with Crippen LogP contribution in [0.1, 0.15) is 40.4 Å². The summed E-state index contributed by atoms with van der Waals surface area (Å²) in [6.45, 7) is 0.986. The number of hydrogen-bond donors (Lipinski definition) is 0. The van der Waals surface area contributed by atoms with E-state index in [0.717, 1.165) is 10.9 Å². The van der Waals surface area contributed by atoms with Gasteiger partial charge in [-0.1, -0.05) is 6.07 Å². The van der Waals surface area contributed by atoms with Gasteiger partial charge in [0, 0.05) is 11.3 Å². The Bertz CT molecular complexity index is 1060. The van der Waals surface area contributed by atoms with Crippen LogP contribution in [0, 0.1) is 5.82 Å². The first-order valence-corrected chi connectivity index (χ1v) is 9.81. The number of nitrogens with zero attached hydrogens (tertiary/aromatic N) is 2. The molecule has 0 saturated carbocycles. The third kappa shape index (κ3) is 3.97. The van der Waals surface area contributed by atoms with Gasteiger partial charge in [0.25, 0.3) is 5.91 Å². The molecule has 1 aliphatic rings. The molecule has 1 atom stereocenters. The third-order valence-corrected chi connectivity index (χ3v) is 5.49. The summed E-state index contributed by atoms with van der Waals surface area (Å²) >= 11 is 1.54. The highest BCUT2D eigenvalue weighted by atomic mass is 32.1. The van der Waals surface area contributed by atoms with Crippen LogP contribution < -0.4 is 4.74 Å². The highest BCUT2D eigenvalue weighted by Crippen LogP contribution is 2.35. The molecule has 2 aromatic heterocycles. The predicted molar refractivity (Wildman–Crippen MR) is 106 cm³/mol. The zero-order chi connectivity index (χ0) is 20.4. The van der Waals surface area contributed by atoms with Crippen molar-refractivity contribution >= 4 is 28.7 Å². The standard InChI is InChI=1S/C21H17FN2O4S/c1-13(25)15-10-14(22)6-7-18(15)28-12-21(26)24-17(20-5-3-9-29-20)11-16(23-24)19-4-2-8-27-19/h2-10,17H,11-12H2,1H3. The number of furan rings is 1.